The third-order valence-electron chi connectivity index (χ3n) is 4.08. The zero-order chi connectivity index (χ0) is 12.1. The predicted molar refractivity (Wildman–Crippen MR) is 68.8 cm³/mol. The quantitative estimate of drug-likeness (QED) is 0.660. The fourth-order valence-electron chi connectivity index (χ4n) is 3.28. The number of hydrogen-bond donors (Lipinski definition) is 3. The van der Waals surface area contributed by atoms with E-state index in [1.165, 1.54) is 38.6 Å². The first-order valence-corrected chi connectivity index (χ1v) is 7.04. The summed E-state index contributed by atoms with van der Waals surface area (Å²) >= 11 is 0. The van der Waals surface area contributed by atoms with Gasteiger partial charge in [-0.25, -0.2) is 0 Å². The molecule has 1 saturated carbocycles. The molecule has 4 nitrogen and oxygen atoms in total. The average Bonchev–Trinajstić information content (AvgIpc) is 2.97. The van der Waals surface area contributed by atoms with Crippen molar-refractivity contribution in [2.75, 3.05) is 19.6 Å². The van der Waals surface area contributed by atoms with Crippen LogP contribution in [-0.4, -0.2) is 37.6 Å². The maximum Gasteiger partial charge on any atom is 0.233 e. The van der Waals surface area contributed by atoms with E-state index in [1.54, 1.807) is 0 Å². The molecule has 1 aliphatic heterocycles. The lowest BCUT2D eigenvalue weighted by Crippen LogP contribution is -2.45. The average molecular weight is 239 g/mol. The molecule has 2 fully saturated rings. The molecule has 1 aliphatic carbocycles. The van der Waals surface area contributed by atoms with Gasteiger partial charge in [0.15, 0.2) is 0 Å². The number of rotatable bonds is 5. The highest BCUT2D eigenvalue weighted by atomic mass is 16.1. The minimum Gasteiger partial charge on any atom is -0.355 e. The van der Waals surface area contributed by atoms with E-state index in [0.29, 0.717) is 18.6 Å². The van der Waals surface area contributed by atoms with Crippen LogP contribution in [0.3, 0.4) is 0 Å². The fourth-order valence-corrected chi connectivity index (χ4v) is 3.28. The lowest BCUT2D eigenvalue weighted by atomic mass is 9.93. The Balaban J connectivity index is 1.76. The molecule has 0 aromatic heterocycles. The Morgan fingerprint density at radius 2 is 2.18 bits per heavy atom. The molecule has 1 amide bonds. The Hall–Kier alpha value is -0.610. The van der Waals surface area contributed by atoms with Gasteiger partial charge in [0.25, 0.3) is 0 Å². The van der Waals surface area contributed by atoms with Gasteiger partial charge in [-0.05, 0) is 45.1 Å². The maximum atomic E-state index is 11.4. The first-order valence-electron chi connectivity index (χ1n) is 7.04. The summed E-state index contributed by atoms with van der Waals surface area (Å²) in [7, 11) is 0. The summed E-state index contributed by atoms with van der Waals surface area (Å²) in [5.41, 5.74) is 0. The molecule has 1 heterocycles. The molecule has 3 atom stereocenters. The van der Waals surface area contributed by atoms with E-state index in [2.05, 4.69) is 16.0 Å². The Bertz CT molecular complexity index is 251. The van der Waals surface area contributed by atoms with Crippen LogP contribution < -0.4 is 16.0 Å². The largest absolute Gasteiger partial charge is 0.355 e. The summed E-state index contributed by atoms with van der Waals surface area (Å²) in [4.78, 5) is 11.4. The van der Waals surface area contributed by atoms with Crippen LogP contribution in [0.1, 0.15) is 39.0 Å². The van der Waals surface area contributed by atoms with Crippen molar-refractivity contribution < 1.29 is 4.79 Å². The molecular formula is C13H25N3O. The van der Waals surface area contributed by atoms with E-state index < -0.39 is 0 Å². The molecule has 3 unspecified atom stereocenters. The van der Waals surface area contributed by atoms with E-state index in [9.17, 15) is 4.79 Å². The van der Waals surface area contributed by atoms with E-state index >= 15 is 0 Å². The number of carbonyl (C=O) groups is 1. The predicted octanol–water partition coefficient (Wildman–Crippen LogP) is 0.633. The van der Waals surface area contributed by atoms with E-state index in [0.717, 1.165) is 12.5 Å². The normalized spacial score (nSPS) is 32.9. The number of nitrogens with one attached hydrogen (secondary N) is 3. The van der Waals surface area contributed by atoms with Gasteiger partial charge in [0, 0.05) is 18.6 Å². The zero-order valence-electron chi connectivity index (χ0n) is 10.8. The fraction of sp³-hybridized carbons (Fsp3) is 0.923. The highest BCUT2D eigenvalue weighted by Gasteiger charge is 2.34. The van der Waals surface area contributed by atoms with Crippen LogP contribution in [0.4, 0.5) is 0 Å². The lowest BCUT2D eigenvalue weighted by Gasteiger charge is -2.26. The molecule has 0 radical (unpaired) electrons. The Morgan fingerprint density at radius 3 is 2.88 bits per heavy atom. The summed E-state index contributed by atoms with van der Waals surface area (Å²) in [6, 6.07) is 1.22. The molecule has 3 N–H and O–H groups in total. The van der Waals surface area contributed by atoms with Gasteiger partial charge in [-0.1, -0.05) is 6.42 Å². The molecule has 2 rings (SSSR count). The summed E-state index contributed by atoms with van der Waals surface area (Å²) in [5.74, 6) is 0.851. The van der Waals surface area contributed by atoms with Crippen molar-refractivity contribution in [2.45, 2.75) is 51.1 Å². The van der Waals surface area contributed by atoms with Crippen LogP contribution in [0.2, 0.25) is 0 Å². The molecule has 0 bridgehead atoms. The van der Waals surface area contributed by atoms with Crippen LogP contribution in [0.15, 0.2) is 0 Å². The van der Waals surface area contributed by atoms with Crippen molar-refractivity contribution in [3.05, 3.63) is 0 Å². The molecule has 0 aromatic carbocycles. The van der Waals surface area contributed by atoms with Crippen LogP contribution in [0.5, 0.6) is 0 Å². The van der Waals surface area contributed by atoms with Crippen LogP contribution in [0, 0.1) is 5.92 Å². The third-order valence-corrected chi connectivity index (χ3v) is 4.08. The summed E-state index contributed by atoms with van der Waals surface area (Å²) in [5, 5.41) is 9.88. The summed E-state index contributed by atoms with van der Waals surface area (Å²) in [6.07, 6.45) is 6.46. The van der Waals surface area contributed by atoms with Gasteiger partial charge >= 0.3 is 0 Å². The van der Waals surface area contributed by atoms with Crippen LogP contribution in [-0.2, 0) is 4.79 Å². The zero-order valence-corrected chi connectivity index (χ0v) is 10.8. The number of carbonyl (C=O) groups excluding carboxylic acids is 1. The molecule has 0 aromatic rings. The summed E-state index contributed by atoms with van der Waals surface area (Å²) in [6.45, 7) is 4.32. The van der Waals surface area contributed by atoms with Gasteiger partial charge < -0.3 is 16.0 Å². The Morgan fingerprint density at radius 1 is 1.29 bits per heavy atom. The third kappa shape index (κ3) is 3.42. The molecule has 0 spiro atoms. The maximum absolute atomic E-state index is 11.4. The van der Waals surface area contributed by atoms with Crippen molar-refractivity contribution in [1.82, 2.24) is 16.0 Å². The van der Waals surface area contributed by atoms with Gasteiger partial charge in [-0.3, -0.25) is 4.79 Å². The van der Waals surface area contributed by atoms with Gasteiger partial charge in [0.2, 0.25) is 5.91 Å². The minimum atomic E-state index is 0.123. The van der Waals surface area contributed by atoms with Gasteiger partial charge in [0.05, 0.1) is 6.54 Å². The van der Waals surface area contributed by atoms with Crippen LogP contribution >= 0.6 is 0 Å². The minimum absolute atomic E-state index is 0.123. The highest BCUT2D eigenvalue weighted by Crippen LogP contribution is 2.31. The lowest BCUT2D eigenvalue weighted by molar-refractivity contribution is -0.120. The van der Waals surface area contributed by atoms with Gasteiger partial charge in [-0.2, -0.15) is 0 Å². The van der Waals surface area contributed by atoms with Crippen molar-refractivity contribution in [3.63, 3.8) is 0 Å². The first kappa shape index (κ1) is 12.8. The van der Waals surface area contributed by atoms with E-state index in [4.69, 9.17) is 0 Å². The monoisotopic (exact) mass is 239 g/mol. The molecule has 98 valence electrons. The second kappa shape index (κ2) is 6.36. The molecule has 17 heavy (non-hydrogen) atoms. The van der Waals surface area contributed by atoms with Crippen molar-refractivity contribution in [1.29, 1.82) is 0 Å². The number of hydrogen-bond acceptors (Lipinski definition) is 3. The highest BCUT2D eigenvalue weighted by molar-refractivity contribution is 5.77. The Kier molecular flexibility index (Phi) is 4.80. The van der Waals surface area contributed by atoms with Crippen molar-refractivity contribution in [2.24, 2.45) is 5.92 Å². The summed E-state index contributed by atoms with van der Waals surface area (Å²) < 4.78 is 0. The van der Waals surface area contributed by atoms with Gasteiger partial charge in [-0.15, -0.1) is 0 Å². The second-order valence-electron chi connectivity index (χ2n) is 5.24. The second-order valence-corrected chi connectivity index (χ2v) is 5.24. The molecule has 4 heteroatoms. The van der Waals surface area contributed by atoms with Crippen molar-refractivity contribution in [3.8, 4) is 0 Å². The Labute approximate surface area is 104 Å². The van der Waals surface area contributed by atoms with E-state index in [1.807, 2.05) is 6.92 Å². The topological polar surface area (TPSA) is 53.2 Å². The standard InChI is InChI=1S/C13H25N3O/c1-2-14-13(17)9-16-12-6-3-5-10(12)11-7-4-8-15-11/h10-12,15-16H,2-9H2,1H3,(H,14,17). The number of amides is 1. The molecular weight excluding hydrogens is 214 g/mol. The van der Waals surface area contributed by atoms with Gasteiger partial charge in [0.1, 0.15) is 0 Å². The van der Waals surface area contributed by atoms with Crippen LogP contribution in [0.25, 0.3) is 0 Å². The SMILES string of the molecule is CCNC(=O)CNC1CCCC1C1CCCN1. The first-order chi connectivity index (χ1) is 8.31. The van der Waals surface area contributed by atoms with E-state index in [-0.39, 0.29) is 5.91 Å². The van der Waals surface area contributed by atoms with Crippen molar-refractivity contribution >= 4 is 5.91 Å². The number of likely N-dealkylation sites (N-methyl/N-ethyl adjacent to an activating group) is 1. The molecule has 1 saturated heterocycles. The smallest absolute Gasteiger partial charge is 0.233 e. The molecule has 2 aliphatic rings.